The molecule has 1 N–H and O–H groups in total. The van der Waals surface area contributed by atoms with Crippen molar-refractivity contribution in [3.05, 3.63) is 46.5 Å². The minimum atomic E-state index is -2.85. The van der Waals surface area contributed by atoms with E-state index in [9.17, 15) is 8.42 Å². The van der Waals surface area contributed by atoms with E-state index >= 15 is 0 Å². The van der Waals surface area contributed by atoms with Crippen LogP contribution in [-0.2, 0) is 16.4 Å². The summed E-state index contributed by atoms with van der Waals surface area (Å²) in [5, 5.41) is 6.14. The van der Waals surface area contributed by atoms with E-state index in [1.807, 2.05) is 11.4 Å². The molecule has 0 bridgehead atoms. The number of sulfone groups is 1. The monoisotopic (exact) mass is 322 g/mol. The third-order valence-corrected chi connectivity index (χ3v) is 6.29. The van der Waals surface area contributed by atoms with Crippen molar-refractivity contribution in [3.63, 3.8) is 0 Å². The molecular formula is C15H18N2O2S2. The predicted molar refractivity (Wildman–Crippen MR) is 86.6 cm³/mol. The molecule has 1 saturated heterocycles. The highest BCUT2D eigenvalue weighted by molar-refractivity contribution is 7.91. The smallest absolute Gasteiger partial charge is 0.183 e. The van der Waals surface area contributed by atoms with Crippen LogP contribution in [0.2, 0.25) is 0 Å². The fourth-order valence-electron chi connectivity index (χ4n) is 2.58. The first-order valence-electron chi connectivity index (χ1n) is 6.97. The molecule has 0 radical (unpaired) electrons. The summed E-state index contributed by atoms with van der Waals surface area (Å²) < 4.78 is 23.0. The van der Waals surface area contributed by atoms with Gasteiger partial charge in [-0.2, -0.15) is 0 Å². The predicted octanol–water partition coefficient (Wildman–Crippen LogP) is 2.97. The van der Waals surface area contributed by atoms with Gasteiger partial charge in [0.2, 0.25) is 0 Å². The average molecular weight is 322 g/mol. The van der Waals surface area contributed by atoms with Gasteiger partial charge in [0.05, 0.1) is 17.2 Å². The zero-order valence-corrected chi connectivity index (χ0v) is 13.5. The highest BCUT2D eigenvalue weighted by Gasteiger charge is 2.30. The van der Waals surface area contributed by atoms with Crippen molar-refractivity contribution in [2.45, 2.75) is 25.8 Å². The van der Waals surface area contributed by atoms with E-state index in [1.54, 1.807) is 11.3 Å². The molecule has 0 saturated carbocycles. The fraction of sp³-hybridized carbons (Fsp3) is 0.400. The van der Waals surface area contributed by atoms with Gasteiger partial charge in [-0.15, -0.1) is 11.3 Å². The molecule has 2 heterocycles. The van der Waals surface area contributed by atoms with Crippen molar-refractivity contribution < 1.29 is 8.42 Å². The van der Waals surface area contributed by atoms with Gasteiger partial charge in [-0.25, -0.2) is 13.4 Å². The van der Waals surface area contributed by atoms with Crippen molar-refractivity contribution in [1.29, 1.82) is 0 Å². The molecule has 112 valence electrons. The van der Waals surface area contributed by atoms with Gasteiger partial charge in [-0.1, -0.05) is 29.8 Å². The summed E-state index contributed by atoms with van der Waals surface area (Å²) in [6, 6.07) is 8.34. The normalized spacial score (nSPS) is 20.5. The van der Waals surface area contributed by atoms with Crippen LogP contribution in [-0.4, -0.2) is 24.9 Å². The van der Waals surface area contributed by atoms with Gasteiger partial charge in [-0.3, -0.25) is 0 Å². The van der Waals surface area contributed by atoms with Crippen LogP contribution in [0.1, 0.15) is 29.2 Å². The van der Waals surface area contributed by atoms with Crippen molar-refractivity contribution in [2.75, 3.05) is 16.8 Å². The number of hydrogen-bond acceptors (Lipinski definition) is 5. The standard InChI is InChI=1S/C15H18N2O2S2/c1-11-3-2-4-12(7-11)8-16-15-17-14(9-20-15)13-5-6-21(18,19)10-13/h2-4,7,9,13H,5-6,8,10H2,1H3,(H,16,17). The molecule has 21 heavy (non-hydrogen) atoms. The van der Waals surface area contributed by atoms with Crippen LogP contribution in [0.25, 0.3) is 0 Å². The lowest BCUT2D eigenvalue weighted by atomic mass is 10.1. The van der Waals surface area contributed by atoms with Crippen molar-refractivity contribution in [2.24, 2.45) is 0 Å². The molecule has 0 spiro atoms. The first-order chi connectivity index (χ1) is 10.0. The molecule has 1 aromatic heterocycles. The first-order valence-corrected chi connectivity index (χ1v) is 9.67. The van der Waals surface area contributed by atoms with E-state index in [2.05, 4.69) is 35.4 Å². The molecule has 1 aliphatic heterocycles. The average Bonchev–Trinajstić information content (AvgIpc) is 3.03. The highest BCUT2D eigenvalue weighted by atomic mass is 32.2. The number of rotatable bonds is 4. The van der Waals surface area contributed by atoms with Crippen molar-refractivity contribution in [3.8, 4) is 0 Å². The van der Waals surface area contributed by atoms with Gasteiger partial charge >= 0.3 is 0 Å². The second-order valence-electron chi connectivity index (χ2n) is 5.52. The number of anilines is 1. The minimum Gasteiger partial charge on any atom is -0.357 e. The van der Waals surface area contributed by atoms with Crippen molar-refractivity contribution in [1.82, 2.24) is 4.98 Å². The Morgan fingerprint density at radius 2 is 2.29 bits per heavy atom. The van der Waals surface area contributed by atoms with Gasteiger partial charge in [0.25, 0.3) is 0 Å². The highest BCUT2D eigenvalue weighted by Crippen LogP contribution is 2.31. The third-order valence-electron chi connectivity index (χ3n) is 3.70. The molecule has 4 nitrogen and oxygen atoms in total. The van der Waals surface area contributed by atoms with Crippen LogP contribution >= 0.6 is 11.3 Å². The molecular weight excluding hydrogens is 304 g/mol. The zero-order valence-electron chi connectivity index (χ0n) is 11.9. The van der Waals surface area contributed by atoms with Gasteiger partial charge in [0.1, 0.15) is 0 Å². The van der Waals surface area contributed by atoms with Gasteiger partial charge in [0.15, 0.2) is 15.0 Å². The Bertz CT molecular complexity index is 738. The number of benzene rings is 1. The van der Waals surface area contributed by atoms with Crippen molar-refractivity contribution >= 4 is 26.3 Å². The summed E-state index contributed by atoms with van der Waals surface area (Å²) in [4.78, 5) is 4.54. The Labute approximate surface area is 129 Å². The van der Waals surface area contributed by atoms with Gasteiger partial charge in [0, 0.05) is 17.8 Å². The molecule has 3 rings (SSSR count). The molecule has 1 unspecified atom stereocenters. The van der Waals surface area contributed by atoms with E-state index in [0.717, 1.165) is 17.4 Å². The summed E-state index contributed by atoms with van der Waals surface area (Å²) in [5.74, 6) is 0.607. The van der Waals surface area contributed by atoms with Crippen LogP contribution in [0.4, 0.5) is 5.13 Å². The maximum atomic E-state index is 11.5. The molecule has 6 heteroatoms. The lowest BCUT2D eigenvalue weighted by molar-refractivity contribution is 0.601. The number of aryl methyl sites for hydroxylation is 1. The summed E-state index contributed by atoms with van der Waals surface area (Å²) in [5.41, 5.74) is 3.37. The molecule has 2 aromatic rings. The number of nitrogens with zero attached hydrogens (tertiary/aromatic N) is 1. The number of nitrogens with one attached hydrogen (secondary N) is 1. The maximum Gasteiger partial charge on any atom is 0.183 e. The Morgan fingerprint density at radius 3 is 3.00 bits per heavy atom. The van der Waals surface area contributed by atoms with E-state index in [-0.39, 0.29) is 11.7 Å². The summed E-state index contributed by atoms with van der Waals surface area (Å²) in [6.07, 6.45) is 0.698. The number of hydrogen-bond donors (Lipinski definition) is 1. The third kappa shape index (κ3) is 3.63. The number of thiazole rings is 1. The molecule has 1 aliphatic rings. The lowest BCUT2D eigenvalue weighted by Gasteiger charge is -2.04. The topological polar surface area (TPSA) is 59.1 Å². The van der Waals surface area contributed by atoms with Crippen LogP contribution in [0, 0.1) is 6.92 Å². The van der Waals surface area contributed by atoms with Crippen LogP contribution < -0.4 is 5.32 Å². The van der Waals surface area contributed by atoms with E-state index < -0.39 is 9.84 Å². The fourth-order valence-corrected chi connectivity index (χ4v) is 5.13. The molecule has 0 aliphatic carbocycles. The van der Waals surface area contributed by atoms with E-state index in [4.69, 9.17) is 0 Å². The number of aromatic nitrogens is 1. The Hall–Kier alpha value is -1.40. The largest absolute Gasteiger partial charge is 0.357 e. The second kappa shape index (κ2) is 5.77. The summed E-state index contributed by atoms with van der Waals surface area (Å²) in [7, 11) is -2.85. The minimum absolute atomic E-state index is 0.0702. The van der Waals surface area contributed by atoms with Crippen LogP contribution in [0.5, 0.6) is 0 Å². The lowest BCUT2D eigenvalue weighted by Crippen LogP contribution is -2.04. The SMILES string of the molecule is Cc1cccc(CNc2nc(C3CCS(=O)(=O)C3)cs2)c1. The second-order valence-corrected chi connectivity index (χ2v) is 8.61. The Balaban J connectivity index is 1.63. The zero-order chi connectivity index (χ0) is 14.9. The van der Waals surface area contributed by atoms with E-state index in [0.29, 0.717) is 12.2 Å². The summed E-state index contributed by atoms with van der Waals surface area (Å²) in [6.45, 7) is 2.81. The quantitative estimate of drug-likeness (QED) is 0.940. The van der Waals surface area contributed by atoms with E-state index in [1.165, 1.54) is 11.1 Å². The molecule has 1 aromatic carbocycles. The van der Waals surface area contributed by atoms with Crippen LogP contribution in [0.15, 0.2) is 29.6 Å². The molecule has 0 amide bonds. The van der Waals surface area contributed by atoms with Crippen LogP contribution in [0.3, 0.4) is 0 Å². The Kier molecular flexibility index (Phi) is 3.99. The first kappa shape index (κ1) is 14.5. The molecule has 1 atom stereocenters. The maximum absolute atomic E-state index is 11.5. The summed E-state index contributed by atoms with van der Waals surface area (Å²) >= 11 is 1.54. The Morgan fingerprint density at radius 1 is 1.43 bits per heavy atom. The van der Waals surface area contributed by atoms with Gasteiger partial charge in [-0.05, 0) is 18.9 Å². The van der Waals surface area contributed by atoms with Gasteiger partial charge < -0.3 is 5.32 Å². The molecule has 1 fully saturated rings.